The van der Waals surface area contributed by atoms with E-state index in [-0.39, 0.29) is 5.97 Å². The maximum Gasteiger partial charge on any atom is 0.322 e. The molecule has 2 unspecified atom stereocenters. The molecular weight excluding hydrogens is 304 g/mol. The minimum atomic E-state index is -0.488. The van der Waals surface area contributed by atoms with Gasteiger partial charge in [0.15, 0.2) is 0 Å². The van der Waals surface area contributed by atoms with Gasteiger partial charge >= 0.3 is 5.97 Å². The highest BCUT2D eigenvalue weighted by Crippen LogP contribution is 2.39. The second-order valence-electron chi connectivity index (χ2n) is 6.04. The van der Waals surface area contributed by atoms with E-state index in [2.05, 4.69) is 28.1 Å². The lowest BCUT2D eigenvalue weighted by atomic mass is 9.83. The molecule has 0 aliphatic heterocycles. The van der Waals surface area contributed by atoms with Gasteiger partial charge in [-0.05, 0) is 43.9 Å². The number of halogens is 1. The minimum Gasteiger partial charge on any atom is -0.468 e. The van der Waals surface area contributed by atoms with Crippen molar-refractivity contribution in [1.82, 2.24) is 0 Å². The molecule has 2 nitrogen and oxygen atoms in total. The van der Waals surface area contributed by atoms with Crippen LogP contribution >= 0.6 is 15.9 Å². The zero-order valence-electron chi connectivity index (χ0n) is 11.9. The van der Waals surface area contributed by atoms with Gasteiger partial charge in [0.2, 0.25) is 0 Å². The minimum absolute atomic E-state index is 0.126. The maximum atomic E-state index is 11.9. The fourth-order valence-electron chi connectivity index (χ4n) is 3.52. The van der Waals surface area contributed by atoms with Crippen molar-refractivity contribution < 1.29 is 9.53 Å². The Labute approximate surface area is 125 Å². The van der Waals surface area contributed by atoms with E-state index < -0.39 is 4.32 Å². The summed E-state index contributed by atoms with van der Waals surface area (Å²) in [6.45, 7) is 0. The van der Waals surface area contributed by atoms with Crippen LogP contribution in [0, 0.1) is 11.8 Å². The Kier molecular flexibility index (Phi) is 5.49. The Hall–Kier alpha value is -0.310. The second kappa shape index (κ2) is 6.92. The van der Waals surface area contributed by atoms with E-state index in [0.717, 1.165) is 25.2 Å². The van der Waals surface area contributed by atoms with E-state index in [1.165, 1.54) is 45.6 Å². The highest BCUT2D eigenvalue weighted by molar-refractivity contribution is 9.10. The summed E-state index contributed by atoms with van der Waals surface area (Å²) in [4.78, 5) is 11.9. The molecule has 2 aliphatic rings. The number of methoxy groups -OCH3 is 1. The van der Waals surface area contributed by atoms with Crippen molar-refractivity contribution in [3.8, 4) is 0 Å². The van der Waals surface area contributed by atoms with Gasteiger partial charge in [0.25, 0.3) is 0 Å². The van der Waals surface area contributed by atoms with Crippen molar-refractivity contribution in [3.05, 3.63) is 12.2 Å². The van der Waals surface area contributed by atoms with Gasteiger partial charge < -0.3 is 4.74 Å². The molecule has 0 amide bonds. The lowest BCUT2D eigenvalue weighted by Gasteiger charge is -2.25. The second-order valence-corrected chi connectivity index (χ2v) is 7.56. The topological polar surface area (TPSA) is 26.3 Å². The van der Waals surface area contributed by atoms with Crippen LogP contribution < -0.4 is 0 Å². The lowest BCUT2D eigenvalue weighted by molar-refractivity contribution is -0.143. The predicted molar refractivity (Wildman–Crippen MR) is 81.3 cm³/mol. The summed E-state index contributed by atoms with van der Waals surface area (Å²) in [6.07, 6.45) is 15.6. The van der Waals surface area contributed by atoms with Gasteiger partial charge in [-0.2, -0.15) is 0 Å². The average Bonchev–Trinajstić information content (AvgIpc) is 2.79. The van der Waals surface area contributed by atoms with Crippen molar-refractivity contribution in [2.45, 2.75) is 62.1 Å². The molecular formula is C16H25BrO2. The summed E-state index contributed by atoms with van der Waals surface area (Å²) in [5.41, 5.74) is 0. The van der Waals surface area contributed by atoms with Gasteiger partial charge in [0.1, 0.15) is 4.32 Å². The fraction of sp³-hybridized carbons (Fsp3) is 0.812. The maximum absolute atomic E-state index is 11.9. The molecule has 0 aromatic heterocycles. The highest BCUT2D eigenvalue weighted by atomic mass is 79.9. The molecule has 2 atom stereocenters. The molecule has 1 fully saturated rings. The molecule has 0 N–H and O–H groups in total. The zero-order chi connectivity index (χ0) is 13.7. The molecule has 0 spiro atoms. The van der Waals surface area contributed by atoms with Gasteiger partial charge in [-0.1, -0.05) is 53.8 Å². The largest absolute Gasteiger partial charge is 0.468 e. The Bertz CT molecular complexity index is 332. The zero-order valence-corrected chi connectivity index (χ0v) is 13.5. The first-order chi connectivity index (χ1) is 9.15. The van der Waals surface area contributed by atoms with E-state index in [1.807, 2.05) is 0 Å². The molecule has 2 rings (SSSR count). The highest BCUT2D eigenvalue weighted by Gasteiger charge is 2.38. The predicted octanol–water partition coefficient (Wildman–Crippen LogP) is 4.62. The number of esters is 1. The van der Waals surface area contributed by atoms with E-state index in [4.69, 9.17) is 4.74 Å². The number of alkyl halides is 1. The molecule has 0 aromatic rings. The van der Waals surface area contributed by atoms with Gasteiger partial charge in [-0.3, -0.25) is 4.79 Å². The number of ether oxygens (including phenoxy) is 1. The number of hydrogen-bond acceptors (Lipinski definition) is 2. The Balaban J connectivity index is 1.98. The van der Waals surface area contributed by atoms with Crippen LogP contribution in [0.25, 0.3) is 0 Å². The van der Waals surface area contributed by atoms with Crippen molar-refractivity contribution in [2.24, 2.45) is 11.8 Å². The standard InChI is InChI=1S/C16H25BrO2/c1-19-15(18)16(17)11-6-9-14(10-12-16)13-7-4-2-3-5-8-13/h6,9,13-14H,2-5,7-8,10-12H2,1H3. The summed E-state index contributed by atoms with van der Waals surface area (Å²) in [5.74, 6) is 1.35. The van der Waals surface area contributed by atoms with Crippen molar-refractivity contribution in [1.29, 1.82) is 0 Å². The van der Waals surface area contributed by atoms with Crippen LogP contribution in [-0.4, -0.2) is 17.4 Å². The van der Waals surface area contributed by atoms with Crippen LogP contribution in [-0.2, 0) is 9.53 Å². The molecule has 0 heterocycles. The molecule has 0 aromatic carbocycles. The smallest absolute Gasteiger partial charge is 0.322 e. The third-order valence-corrected chi connectivity index (χ3v) is 5.80. The first kappa shape index (κ1) is 15.1. The van der Waals surface area contributed by atoms with Gasteiger partial charge in [-0.15, -0.1) is 0 Å². The van der Waals surface area contributed by atoms with E-state index in [9.17, 15) is 4.79 Å². The Morgan fingerprint density at radius 3 is 2.53 bits per heavy atom. The molecule has 0 radical (unpaired) electrons. The molecule has 108 valence electrons. The normalized spacial score (nSPS) is 33.5. The van der Waals surface area contributed by atoms with Gasteiger partial charge in [0.05, 0.1) is 7.11 Å². The molecule has 19 heavy (non-hydrogen) atoms. The van der Waals surface area contributed by atoms with Crippen LogP contribution in [0.1, 0.15) is 57.8 Å². The lowest BCUT2D eigenvalue weighted by Crippen LogP contribution is -2.32. The average molecular weight is 329 g/mol. The van der Waals surface area contributed by atoms with Crippen LogP contribution in [0.4, 0.5) is 0 Å². The molecule has 1 saturated carbocycles. The number of allylic oxidation sites excluding steroid dienone is 2. The number of hydrogen-bond donors (Lipinski definition) is 0. The fourth-order valence-corrected chi connectivity index (χ4v) is 4.10. The Morgan fingerprint density at radius 2 is 1.89 bits per heavy atom. The number of carbonyl (C=O) groups excluding carboxylic acids is 1. The molecule has 0 saturated heterocycles. The van der Waals surface area contributed by atoms with Crippen LogP contribution in [0.3, 0.4) is 0 Å². The summed E-state index contributed by atoms with van der Waals surface area (Å²) < 4.78 is 4.44. The van der Waals surface area contributed by atoms with Gasteiger partial charge in [-0.25, -0.2) is 0 Å². The summed E-state index contributed by atoms with van der Waals surface area (Å²) in [7, 11) is 1.47. The summed E-state index contributed by atoms with van der Waals surface area (Å²) in [6, 6.07) is 0. The van der Waals surface area contributed by atoms with Gasteiger partial charge in [0, 0.05) is 0 Å². The SMILES string of the molecule is COC(=O)C1(Br)CC=CC(C2CCCCCC2)CC1. The monoisotopic (exact) mass is 328 g/mol. The molecule has 3 heteroatoms. The third kappa shape index (κ3) is 3.84. The van der Waals surface area contributed by atoms with E-state index >= 15 is 0 Å². The number of rotatable bonds is 2. The van der Waals surface area contributed by atoms with Crippen LogP contribution in [0.5, 0.6) is 0 Å². The van der Waals surface area contributed by atoms with Crippen molar-refractivity contribution in [2.75, 3.05) is 7.11 Å². The van der Waals surface area contributed by atoms with E-state index in [1.54, 1.807) is 0 Å². The summed E-state index contributed by atoms with van der Waals surface area (Å²) >= 11 is 3.61. The molecule has 0 bridgehead atoms. The first-order valence-corrected chi connectivity index (χ1v) is 8.39. The van der Waals surface area contributed by atoms with Crippen LogP contribution in [0.2, 0.25) is 0 Å². The van der Waals surface area contributed by atoms with Crippen molar-refractivity contribution >= 4 is 21.9 Å². The first-order valence-electron chi connectivity index (χ1n) is 7.60. The van der Waals surface area contributed by atoms with E-state index in [0.29, 0.717) is 5.92 Å². The summed E-state index contributed by atoms with van der Waals surface area (Å²) in [5, 5.41) is 0. The van der Waals surface area contributed by atoms with Crippen LogP contribution in [0.15, 0.2) is 12.2 Å². The third-order valence-electron chi connectivity index (χ3n) is 4.76. The molecule has 2 aliphatic carbocycles. The number of carbonyl (C=O) groups is 1. The Morgan fingerprint density at radius 1 is 1.21 bits per heavy atom. The van der Waals surface area contributed by atoms with Crippen molar-refractivity contribution in [3.63, 3.8) is 0 Å². The quantitative estimate of drug-likeness (QED) is 0.320.